The lowest BCUT2D eigenvalue weighted by molar-refractivity contribution is 0.124. The minimum absolute atomic E-state index is 0.0831. The van der Waals surface area contributed by atoms with E-state index in [-0.39, 0.29) is 6.04 Å². The van der Waals surface area contributed by atoms with Crippen molar-refractivity contribution in [3.05, 3.63) is 35.5 Å². The second kappa shape index (κ2) is 6.99. The average molecular weight is 389 g/mol. The van der Waals surface area contributed by atoms with Crippen molar-refractivity contribution in [2.45, 2.75) is 25.8 Å². The summed E-state index contributed by atoms with van der Waals surface area (Å²) >= 11 is 5.89. The van der Waals surface area contributed by atoms with Gasteiger partial charge in [-0.25, -0.2) is 24.4 Å². The number of piperidine rings is 1. The Labute approximate surface area is 159 Å². The fourth-order valence-corrected chi connectivity index (χ4v) is 3.41. The van der Waals surface area contributed by atoms with Gasteiger partial charge in [0.05, 0.1) is 17.9 Å². The van der Waals surface area contributed by atoms with E-state index in [4.69, 9.17) is 21.4 Å². The maximum atomic E-state index is 11.1. The first-order valence-electron chi connectivity index (χ1n) is 8.50. The summed E-state index contributed by atoms with van der Waals surface area (Å²) < 4.78 is 7.74. The van der Waals surface area contributed by atoms with Crippen LogP contribution in [0.2, 0.25) is 5.15 Å². The Morgan fingerprint density at radius 1 is 1.30 bits per heavy atom. The van der Waals surface area contributed by atoms with Gasteiger partial charge in [-0.2, -0.15) is 5.10 Å². The number of fused-ring (bicyclic) bond motifs is 1. The Bertz CT molecular complexity index is 999. The van der Waals surface area contributed by atoms with E-state index in [1.165, 1.54) is 11.2 Å². The number of hydrogen-bond donors (Lipinski definition) is 1. The molecule has 3 aromatic rings. The van der Waals surface area contributed by atoms with Crippen molar-refractivity contribution in [2.75, 3.05) is 13.1 Å². The molecule has 1 amide bonds. The van der Waals surface area contributed by atoms with Crippen LogP contribution in [0, 0.1) is 6.92 Å². The molecule has 0 radical (unpaired) electrons. The zero-order chi connectivity index (χ0) is 19.0. The van der Waals surface area contributed by atoms with Crippen molar-refractivity contribution in [2.24, 2.45) is 0 Å². The highest BCUT2D eigenvalue weighted by molar-refractivity contribution is 6.29. The minimum Gasteiger partial charge on any atom is -0.465 e. The largest absolute Gasteiger partial charge is 0.465 e. The van der Waals surface area contributed by atoms with Gasteiger partial charge in [0.1, 0.15) is 16.9 Å². The standard InChI is InChI=1S/C17H17ClN6O3/c1-10-13(2-3-14(18)22-10)27-16-12-8-21-24(15(12)19-9-20-16)11-4-6-23(7-5-11)17(25)26/h2-3,8-9,11H,4-7H2,1H3,(H,25,26). The van der Waals surface area contributed by atoms with Crippen LogP contribution in [0.1, 0.15) is 24.6 Å². The lowest BCUT2D eigenvalue weighted by atomic mass is 10.1. The number of carboxylic acid groups (broad SMARTS) is 1. The quantitative estimate of drug-likeness (QED) is 0.686. The Hall–Kier alpha value is -2.94. The molecule has 0 unspecified atom stereocenters. The van der Waals surface area contributed by atoms with E-state index in [1.807, 2.05) is 4.68 Å². The number of ether oxygens (including phenoxy) is 1. The number of likely N-dealkylation sites (tertiary alicyclic amines) is 1. The fraction of sp³-hybridized carbons (Fsp3) is 0.353. The van der Waals surface area contributed by atoms with Crippen molar-refractivity contribution in [1.29, 1.82) is 0 Å². The third kappa shape index (κ3) is 3.37. The number of amides is 1. The molecule has 0 bridgehead atoms. The molecule has 27 heavy (non-hydrogen) atoms. The lowest BCUT2D eigenvalue weighted by Crippen LogP contribution is -2.38. The Morgan fingerprint density at radius 2 is 2.07 bits per heavy atom. The number of aryl methyl sites for hydroxylation is 1. The fourth-order valence-electron chi connectivity index (χ4n) is 3.22. The molecule has 1 N–H and O–H groups in total. The van der Waals surface area contributed by atoms with Gasteiger partial charge in [-0.3, -0.25) is 0 Å². The molecule has 1 fully saturated rings. The summed E-state index contributed by atoms with van der Waals surface area (Å²) in [6, 6.07) is 3.48. The van der Waals surface area contributed by atoms with Crippen molar-refractivity contribution >= 4 is 28.7 Å². The highest BCUT2D eigenvalue weighted by atomic mass is 35.5. The number of rotatable bonds is 3. The van der Waals surface area contributed by atoms with Crippen molar-refractivity contribution in [1.82, 2.24) is 29.6 Å². The molecule has 0 atom stereocenters. The van der Waals surface area contributed by atoms with Crippen LogP contribution in [0.25, 0.3) is 11.0 Å². The molecular weight excluding hydrogens is 372 g/mol. The molecule has 1 aliphatic rings. The zero-order valence-corrected chi connectivity index (χ0v) is 15.3. The molecule has 3 aromatic heterocycles. The van der Waals surface area contributed by atoms with Crippen molar-refractivity contribution < 1.29 is 14.6 Å². The molecule has 1 saturated heterocycles. The van der Waals surface area contributed by atoms with Gasteiger partial charge in [-0.1, -0.05) is 11.6 Å². The van der Waals surface area contributed by atoms with Crippen molar-refractivity contribution in [3.8, 4) is 11.6 Å². The van der Waals surface area contributed by atoms with E-state index in [2.05, 4.69) is 20.1 Å². The number of nitrogens with zero attached hydrogens (tertiary/aromatic N) is 6. The first-order chi connectivity index (χ1) is 13.0. The molecular formula is C17H17ClN6O3. The third-order valence-corrected chi connectivity index (χ3v) is 4.86. The maximum absolute atomic E-state index is 11.1. The summed E-state index contributed by atoms with van der Waals surface area (Å²) in [6.07, 6.45) is 3.59. The van der Waals surface area contributed by atoms with E-state index in [0.29, 0.717) is 59.4 Å². The summed E-state index contributed by atoms with van der Waals surface area (Å²) in [4.78, 5) is 25.2. The minimum atomic E-state index is -0.885. The van der Waals surface area contributed by atoms with Crippen LogP contribution in [-0.2, 0) is 0 Å². The monoisotopic (exact) mass is 388 g/mol. The topological polar surface area (TPSA) is 106 Å². The number of carbonyl (C=O) groups is 1. The van der Waals surface area contributed by atoms with Crippen molar-refractivity contribution in [3.63, 3.8) is 0 Å². The number of hydrogen-bond acceptors (Lipinski definition) is 6. The molecule has 0 aliphatic carbocycles. The third-order valence-electron chi connectivity index (χ3n) is 4.65. The number of pyridine rings is 1. The SMILES string of the molecule is Cc1nc(Cl)ccc1Oc1ncnc2c1cnn2C1CCN(C(=O)O)CC1. The van der Waals surface area contributed by atoms with E-state index >= 15 is 0 Å². The Kier molecular flexibility index (Phi) is 4.53. The predicted molar refractivity (Wildman–Crippen MR) is 97.2 cm³/mol. The normalized spacial score (nSPS) is 15.3. The van der Waals surface area contributed by atoms with E-state index in [9.17, 15) is 4.79 Å². The van der Waals surface area contributed by atoms with Crippen LogP contribution in [0.15, 0.2) is 24.7 Å². The molecule has 1 aliphatic heterocycles. The second-order valence-corrected chi connectivity index (χ2v) is 6.71. The summed E-state index contributed by atoms with van der Waals surface area (Å²) in [6.45, 7) is 2.76. The van der Waals surface area contributed by atoms with Gasteiger partial charge in [0.15, 0.2) is 11.4 Å². The van der Waals surface area contributed by atoms with Crippen LogP contribution >= 0.6 is 11.6 Å². The Balaban J connectivity index is 1.61. The molecule has 0 spiro atoms. The second-order valence-electron chi connectivity index (χ2n) is 6.33. The van der Waals surface area contributed by atoms with E-state index < -0.39 is 6.09 Å². The maximum Gasteiger partial charge on any atom is 0.407 e. The zero-order valence-electron chi connectivity index (χ0n) is 14.5. The summed E-state index contributed by atoms with van der Waals surface area (Å²) in [7, 11) is 0. The van der Waals surface area contributed by atoms with E-state index in [1.54, 1.807) is 25.3 Å². The average Bonchev–Trinajstić information content (AvgIpc) is 3.09. The molecule has 0 aromatic carbocycles. The van der Waals surface area contributed by atoms with Gasteiger partial charge in [-0.15, -0.1) is 0 Å². The first-order valence-corrected chi connectivity index (χ1v) is 8.88. The summed E-state index contributed by atoms with van der Waals surface area (Å²) in [5.74, 6) is 0.948. The van der Waals surface area contributed by atoms with Gasteiger partial charge < -0.3 is 14.7 Å². The van der Waals surface area contributed by atoms with Gasteiger partial charge in [0.25, 0.3) is 0 Å². The van der Waals surface area contributed by atoms with Crippen LogP contribution in [0.4, 0.5) is 4.79 Å². The molecule has 9 nitrogen and oxygen atoms in total. The number of aromatic nitrogens is 5. The van der Waals surface area contributed by atoms with Crippen LogP contribution < -0.4 is 4.74 Å². The molecule has 4 rings (SSSR count). The van der Waals surface area contributed by atoms with Gasteiger partial charge in [0.2, 0.25) is 5.88 Å². The summed E-state index contributed by atoms with van der Waals surface area (Å²) in [5, 5.41) is 14.6. The van der Waals surface area contributed by atoms with Crippen LogP contribution in [0.5, 0.6) is 11.6 Å². The highest BCUT2D eigenvalue weighted by Crippen LogP contribution is 2.31. The lowest BCUT2D eigenvalue weighted by Gasteiger charge is -2.30. The first kappa shape index (κ1) is 17.5. The predicted octanol–water partition coefficient (Wildman–Crippen LogP) is 3.29. The van der Waals surface area contributed by atoms with E-state index in [0.717, 1.165) is 0 Å². The molecule has 4 heterocycles. The van der Waals surface area contributed by atoms with Gasteiger partial charge in [-0.05, 0) is 31.9 Å². The smallest absolute Gasteiger partial charge is 0.407 e. The van der Waals surface area contributed by atoms with Crippen LogP contribution in [0.3, 0.4) is 0 Å². The molecule has 10 heteroatoms. The molecule has 0 saturated carbocycles. The summed E-state index contributed by atoms with van der Waals surface area (Å²) in [5.41, 5.74) is 1.32. The van der Waals surface area contributed by atoms with Gasteiger partial charge >= 0.3 is 6.09 Å². The Morgan fingerprint density at radius 3 is 2.78 bits per heavy atom. The highest BCUT2D eigenvalue weighted by Gasteiger charge is 2.26. The van der Waals surface area contributed by atoms with Crippen LogP contribution in [-0.4, -0.2) is 53.9 Å². The van der Waals surface area contributed by atoms with Gasteiger partial charge in [0, 0.05) is 13.1 Å². The number of halogens is 1. The molecule has 140 valence electrons.